The van der Waals surface area contributed by atoms with Crippen LogP contribution in [-0.4, -0.2) is 192 Å². The van der Waals surface area contributed by atoms with Crippen LogP contribution < -0.4 is 33.6 Å². The average molecular weight is 1360 g/mol. The number of aromatic nitrogens is 4. The molecule has 0 unspecified atom stereocenters. The van der Waals surface area contributed by atoms with Crippen LogP contribution in [0, 0.1) is 23.7 Å². The molecule has 4 aromatic carbocycles. The lowest BCUT2D eigenvalue weighted by molar-refractivity contribution is -0.145. The summed E-state index contributed by atoms with van der Waals surface area (Å²) in [5, 5.41) is 11.7. The Morgan fingerprint density at radius 1 is 0.400 bits per heavy atom. The third-order valence-electron chi connectivity index (χ3n) is 23.5. The molecule has 14 N–H and O–H groups in total. The number of hydrogen-bond donors (Lipinski definition) is 10. The summed E-state index contributed by atoms with van der Waals surface area (Å²) in [5.41, 5.74) is 38.3. The van der Waals surface area contributed by atoms with Crippen LogP contribution in [0.15, 0.2) is 97.6 Å². The molecule has 0 saturated carbocycles. The van der Waals surface area contributed by atoms with E-state index < -0.39 is 0 Å². The third-order valence-corrected chi connectivity index (χ3v) is 23.5. The van der Waals surface area contributed by atoms with Crippen LogP contribution in [-0.2, 0) is 54.3 Å². The predicted molar refractivity (Wildman–Crippen MR) is 398 cm³/mol. The number of nitrogens with two attached hydrogens (primary N) is 4. The number of likely N-dealkylation sites (tertiary alicyclic amines) is 4. The van der Waals surface area contributed by atoms with Gasteiger partial charge in [0, 0.05) is 167 Å². The Kier molecular flexibility index (Phi) is 22.9. The molecule has 8 heterocycles. The molecular weight excluding hydrogens is 1250 g/mol. The van der Waals surface area contributed by atoms with Crippen molar-refractivity contribution in [2.45, 2.75) is 153 Å². The lowest BCUT2D eigenvalue weighted by Gasteiger charge is -2.47. The average Bonchev–Trinajstić information content (AvgIpc) is 1.49. The third kappa shape index (κ3) is 14.9. The van der Waals surface area contributed by atoms with Gasteiger partial charge in [0.2, 0.25) is 11.8 Å². The number of ether oxygens (including phenoxy) is 2. The van der Waals surface area contributed by atoms with Crippen LogP contribution >= 0.6 is 0 Å². The van der Waals surface area contributed by atoms with Crippen LogP contribution in [0.4, 0.5) is 0 Å². The van der Waals surface area contributed by atoms with Crippen molar-refractivity contribution in [3.05, 3.63) is 142 Å². The predicted octanol–water partition coefficient (Wildman–Crippen LogP) is 8.79. The summed E-state index contributed by atoms with van der Waals surface area (Å²) in [5.74, 6) is 3.12. The Morgan fingerprint density at radius 2 is 0.670 bits per heavy atom. The molecule has 4 aromatic heterocycles. The molecule has 20 heteroatoms. The SMILES string of the molecule is CCCN1C[C@H](CNC(=O)CN)C[C@@H]2c3cccc4[nH]cc(c34)C[C@H]21.CCCN1C[C@H](CNC(=O)CN)C[C@@H]2c3cccc4[nH]cc(c34)C[C@H]21.CCCN1C[C@H](COC(=O)CN)C[C@@H]2c3cccc4[nH]cc(c34)C[C@H]21.CCCN1C[C@H](COC(=O)CN)C[C@@H]2c3cccc4[nH]cc(c34)C[C@H]21. The molecular formula is C80H110N14O6. The van der Waals surface area contributed by atoms with E-state index in [-0.39, 0.29) is 49.9 Å². The zero-order chi connectivity index (χ0) is 69.6. The lowest BCUT2D eigenvalue weighted by Crippen LogP contribution is -2.52. The fourth-order valence-corrected chi connectivity index (χ4v) is 19.5. The van der Waals surface area contributed by atoms with Gasteiger partial charge in [-0.15, -0.1) is 0 Å². The molecule has 16 rings (SSSR count). The molecule has 2 amide bonds. The van der Waals surface area contributed by atoms with Crippen LogP contribution in [0.5, 0.6) is 0 Å². The van der Waals surface area contributed by atoms with Crippen LogP contribution in [0.1, 0.15) is 147 Å². The highest BCUT2D eigenvalue weighted by molar-refractivity contribution is 5.91. The molecule has 4 aliphatic carbocycles. The summed E-state index contributed by atoms with van der Waals surface area (Å²) in [6, 6.07) is 28.8. The van der Waals surface area contributed by atoms with E-state index in [4.69, 9.17) is 32.4 Å². The number of carbonyl (C=O) groups excluding carboxylic acids is 4. The van der Waals surface area contributed by atoms with Crippen molar-refractivity contribution in [3.8, 4) is 0 Å². The second kappa shape index (κ2) is 32.3. The highest BCUT2D eigenvalue weighted by atomic mass is 16.5. The zero-order valence-corrected chi connectivity index (χ0v) is 59.5. The summed E-state index contributed by atoms with van der Waals surface area (Å²) < 4.78 is 10.7. The van der Waals surface area contributed by atoms with Crippen molar-refractivity contribution in [3.63, 3.8) is 0 Å². The minimum Gasteiger partial charge on any atom is -0.464 e. The summed E-state index contributed by atoms with van der Waals surface area (Å²) in [4.78, 5) is 70.4. The molecule has 0 radical (unpaired) electrons. The van der Waals surface area contributed by atoms with E-state index in [0.717, 1.165) is 142 Å². The van der Waals surface area contributed by atoms with Gasteiger partial charge in [-0.25, -0.2) is 0 Å². The maximum absolute atomic E-state index is 11.6. The van der Waals surface area contributed by atoms with Gasteiger partial charge in [0.25, 0.3) is 0 Å². The van der Waals surface area contributed by atoms with Crippen molar-refractivity contribution in [1.82, 2.24) is 50.2 Å². The number of piperidine rings is 4. The maximum Gasteiger partial charge on any atom is 0.319 e. The van der Waals surface area contributed by atoms with Crippen molar-refractivity contribution in [2.24, 2.45) is 46.6 Å². The molecule has 4 saturated heterocycles. The summed E-state index contributed by atoms with van der Waals surface area (Å²) in [6.07, 6.45) is 22.3. The second-order valence-electron chi connectivity index (χ2n) is 30.0. The molecule has 100 heavy (non-hydrogen) atoms. The van der Waals surface area contributed by atoms with Crippen molar-refractivity contribution < 1.29 is 28.7 Å². The number of carbonyl (C=O) groups is 4. The van der Waals surface area contributed by atoms with E-state index in [1.54, 1.807) is 0 Å². The Hall–Kier alpha value is -7.40. The minimum atomic E-state index is -0.303. The van der Waals surface area contributed by atoms with Gasteiger partial charge >= 0.3 is 11.9 Å². The topological polar surface area (TPSA) is 291 Å². The molecule has 536 valence electrons. The Balaban J connectivity index is 0.000000119. The van der Waals surface area contributed by atoms with Gasteiger partial charge in [0.05, 0.1) is 39.4 Å². The van der Waals surface area contributed by atoms with Crippen molar-refractivity contribution in [2.75, 3.05) is 105 Å². The van der Waals surface area contributed by atoms with Crippen LogP contribution in [0.2, 0.25) is 0 Å². The van der Waals surface area contributed by atoms with Crippen LogP contribution in [0.3, 0.4) is 0 Å². The number of nitrogens with zero attached hydrogens (tertiary/aromatic N) is 4. The minimum absolute atomic E-state index is 0.0382. The number of hydrogen-bond acceptors (Lipinski definition) is 14. The number of amides is 2. The van der Waals surface area contributed by atoms with E-state index in [9.17, 15) is 19.2 Å². The van der Waals surface area contributed by atoms with E-state index >= 15 is 0 Å². The van der Waals surface area contributed by atoms with Gasteiger partial charge in [-0.1, -0.05) is 76.2 Å². The van der Waals surface area contributed by atoms with E-state index in [0.29, 0.717) is 84.7 Å². The molecule has 8 aliphatic rings. The first-order chi connectivity index (χ1) is 48.8. The van der Waals surface area contributed by atoms with Gasteiger partial charge < -0.3 is 63.0 Å². The van der Waals surface area contributed by atoms with Crippen molar-refractivity contribution >= 4 is 67.4 Å². The normalized spacial score (nSPS) is 25.8. The van der Waals surface area contributed by atoms with E-state index in [2.05, 4.69) is 175 Å². The van der Waals surface area contributed by atoms with Crippen molar-refractivity contribution in [1.29, 1.82) is 0 Å². The molecule has 0 bridgehead atoms. The highest BCUT2D eigenvalue weighted by Gasteiger charge is 2.45. The fourth-order valence-electron chi connectivity index (χ4n) is 19.5. The smallest absolute Gasteiger partial charge is 0.319 e. The fraction of sp³-hybridized carbons (Fsp3) is 0.550. The summed E-state index contributed by atoms with van der Waals surface area (Å²) in [7, 11) is 0. The van der Waals surface area contributed by atoms with Gasteiger partial charge in [0.1, 0.15) is 0 Å². The monoisotopic (exact) mass is 1360 g/mol. The molecule has 4 fully saturated rings. The quantitative estimate of drug-likeness (QED) is 0.0319. The second-order valence-corrected chi connectivity index (χ2v) is 30.0. The first-order valence-corrected chi connectivity index (χ1v) is 37.8. The van der Waals surface area contributed by atoms with Gasteiger partial charge in [-0.2, -0.15) is 0 Å². The molecule has 8 aromatic rings. The largest absolute Gasteiger partial charge is 0.464 e. The van der Waals surface area contributed by atoms with Crippen LogP contribution in [0.25, 0.3) is 43.6 Å². The first kappa shape index (κ1) is 71.0. The molecule has 0 spiro atoms. The first-order valence-electron chi connectivity index (χ1n) is 37.8. The molecule has 4 aliphatic heterocycles. The number of nitrogens with one attached hydrogen (secondary N) is 6. The number of H-pyrrole nitrogens is 4. The summed E-state index contributed by atoms with van der Waals surface area (Å²) >= 11 is 0. The molecule has 12 atom stereocenters. The zero-order valence-electron chi connectivity index (χ0n) is 59.5. The number of fused-ring (bicyclic) bond motifs is 8. The van der Waals surface area contributed by atoms with Gasteiger partial charge in [-0.05, 0) is 184 Å². The van der Waals surface area contributed by atoms with Gasteiger partial charge in [0.15, 0.2) is 0 Å². The van der Waals surface area contributed by atoms with E-state index in [1.807, 2.05) is 0 Å². The standard InChI is InChI=1S/2C20H28N4O.2C20H27N3O2/c2*1-2-6-24-12-13(10-23-19(25)9-21)7-16-15-4-3-5-17-20(15)14(11-22-17)8-18(16)24;2*1-2-6-23-11-13(12-25-19(24)9-21)7-16-15-4-3-5-17-20(15)14(10-22-17)8-18(16)23/h2*3-5,11,13,16,18,22H,2,6-10,12,21H2,1H3,(H,23,25);2*3-5,10,13,16,18,22H,2,6-9,11-12,21H2,1H3/t2*13-,16+,18+;2*13-,16-,18-/m0011/s1. The number of aromatic amines is 4. The Bertz CT molecular complexity index is 3600. The number of benzene rings is 4. The lowest BCUT2D eigenvalue weighted by atomic mass is 9.72. The highest BCUT2D eigenvalue weighted by Crippen LogP contribution is 2.49. The number of esters is 2. The maximum atomic E-state index is 11.6. The van der Waals surface area contributed by atoms with Gasteiger partial charge in [-0.3, -0.25) is 38.8 Å². The molecule has 20 nitrogen and oxygen atoms in total. The number of rotatable bonds is 20. The summed E-state index contributed by atoms with van der Waals surface area (Å²) in [6.45, 7) is 20.0. The Morgan fingerprint density at radius 3 is 0.930 bits per heavy atom. The Labute approximate surface area is 589 Å². The van der Waals surface area contributed by atoms with E-state index in [1.165, 1.54) is 88.1 Å².